The minimum atomic E-state index is -0.138. The van der Waals surface area contributed by atoms with Gasteiger partial charge in [0.2, 0.25) is 0 Å². The van der Waals surface area contributed by atoms with Crippen LogP contribution in [0.4, 0.5) is 4.79 Å². The first-order valence-corrected chi connectivity index (χ1v) is 5.33. The molecule has 0 unspecified atom stereocenters. The van der Waals surface area contributed by atoms with Crippen LogP contribution in [0.15, 0.2) is 11.6 Å². The van der Waals surface area contributed by atoms with Crippen LogP contribution in [-0.2, 0) is 4.74 Å². The van der Waals surface area contributed by atoms with E-state index in [1.165, 1.54) is 18.4 Å². The third-order valence-corrected chi connectivity index (χ3v) is 2.83. The van der Waals surface area contributed by atoms with E-state index in [0.717, 1.165) is 19.5 Å². The van der Waals surface area contributed by atoms with Gasteiger partial charge in [0.05, 0.1) is 6.61 Å². The van der Waals surface area contributed by atoms with Gasteiger partial charge in [-0.2, -0.15) is 0 Å². The smallest absolute Gasteiger partial charge is 0.410 e. The van der Waals surface area contributed by atoms with Crippen LogP contribution in [0.2, 0.25) is 0 Å². The van der Waals surface area contributed by atoms with E-state index in [0.29, 0.717) is 12.5 Å². The molecule has 1 aliphatic heterocycles. The maximum Gasteiger partial charge on any atom is 0.410 e. The van der Waals surface area contributed by atoms with Gasteiger partial charge >= 0.3 is 6.09 Å². The predicted octanol–water partition coefficient (Wildman–Crippen LogP) is 2.19. The summed E-state index contributed by atoms with van der Waals surface area (Å²) in [5.74, 6) is 0.654. The normalized spacial score (nSPS) is 21.8. The lowest BCUT2D eigenvalue weighted by Gasteiger charge is -2.24. The molecule has 0 saturated heterocycles. The van der Waals surface area contributed by atoms with Crippen LogP contribution in [0, 0.1) is 5.92 Å². The SMILES string of the molecule is CC1=CCN(C(=O)OCC2CC2)CC1. The summed E-state index contributed by atoms with van der Waals surface area (Å²) in [6.45, 7) is 4.26. The number of rotatable bonds is 2. The van der Waals surface area contributed by atoms with E-state index in [4.69, 9.17) is 4.74 Å². The summed E-state index contributed by atoms with van der Waals surface area (Å²) >= 11 is 0. The molecule has 0 spiro atoms. The number of ether oxygens (including phenoxy) is 1. The second-order valence-corrected chi connectivity index (χ2v) is 4.27. The molecule has 1 fully saturated rings. The minimum absolute atomic E-state index is 0.138. The lowest BCUT2D eigenvalue weighted by atomic mass is 10.1. The van der Waals surface area contributed by atoms with E-state index in [1.54, 1.807) is 4.90 Å². The highest BCUT2D eigenvalue weighted by atomic mass is 16.6. The zero-order chi connectivity index (χ0) is 9.97. The van der Waals surface area contributed by atoms with Crippen molar-refractivity contribution in [3.8, 4) is 0 Å². The summed E-state index contributed by atoms with van der Waals surface area (Å²) in [6, 6.07) is 0. The number of amides is 1. The van der Waals surface area contributed by atoms with Crippen molar-refractivity contribution < 1.29 is 9.53 Å². The highest BCUT2D eigenvalue weighted by Gasteiger charge is 2.24. The standard InChI is InChI=1S/C11H17NO2/c1-9-4-6-12(7-5-9)11(13)14-8-10-2-3-10/h4,10H,2-3,5-8H2,1H3. The maximum absolute atomic E-state index is 11.5. The summed E-state index contributed by atoms with van der Waals surface area (Å²) in [6.07, 6.45) is 5.40. The topological polar surface area (TPSA) is 29.5 Å². The molecule has 0 atom stereocenters. The molecule has 1 aliphatic carbocycles. The lowest BCUT2D eigenvalue weighted by molar-refractivity contribution is 0.101. The Morgan fingerprint density at radius 2 is 2.43 bits per heavy atom. The molecule has 1 amide bonds. The average molecular weight is 195 g/mol. The van der Waals surface area contributed by atoms with Gasteiger partial charge in [-0.3, -0.25) is 0 Å². The lowest BCUT2D eigenvalue weighted by Crippen LogP contribution is -2.35. The molecule has 3 nitrogen and oxygen atoms in total. The maximum atomic E-state index is 11.5. The zero-order valence-electron chi connectivity index (χ0n) is 8.66. The van der Waals surface area contributed by atoms with Gasteiger partial charge in [-0.25, -0.2) is 4.79 Å². The molecule has 3 heteroatoms. The van der Waals surface area contributed by atoms with Crippen molar-refractivity contribution in [2.45, 2.75) is 26.2 Å². The van der Waals surface area contributed by atoms with Crippen LogP contribution in [0.1, 0.15) is 26.2 Å². The van der Waals surface area contributed by atoms with Crippen molar-refractivity contribution in [1.82, 2.24) is 4.90 Å². The third-order valence-electron chi connectivity index (χ3n) is 2.83. The molecule has 2 rings (SSSR count). The van der Waals surface area contributed by atoms with E-state index < -0.39 is 0 Å². The van der Waals surface area contributed by atoms with Crippen LogP contribution >= 0.6 is 0 Å². The molecule has 0 bridgehead atoms. The first kappa shape index (κ1) is 9.56. The van der Waals surface area contributed by atoms with Crippen molar-refractivity contribution in [2.75, 3.05) is 19.7 Å². The fourth-order valence-electron chi connectivity index (χ4n) is 1.50. The Bertz CT molecular complexity index is 256. The second-order valence-electron chi connectivity index (χ2n) is 4.27. The molecule has 14 heavy (non-hydrogen) atoms. The van der Waals surface area contributed by atoms with Crippen LogP contribution in [0.25, 0.3) is 0 Å². The molecule has 0 N–H and O–H groups in total. The first-order valence-electron chi connectivity index (χ1n) is 5.33. The number of carbonyl (C=O) groups is 1. The fourth-order valence-corrected chi connectivity index (χ4v) is 1.50. The summed E-state index contributed by atoms with van der Waals surface area (Å²) < 4.78 is 5.20. The van der Waals surface area contributed by atoms with Gasteiger partial charge in [0.15, 0.2) is 0 Å². The Morgan fingerprint density at radius 1 is 1.64 bits per heavy atom. The van der Waals surface area contributed by atoms with Crippen molar-refractivity contribution in [3.05, 3.63) is 11.6 Å². The van der Waals surface area contributed by atoms with Gasteiger partial charge in [0.1, 0.15) is 0 Å². The van der Waals surface area contributed by atoms with E-state index in [2.05, 4.69) is 13.0 Å². The van der Waals surface area contributed by atoms with Gasteiger partial charge in [0.25, 0.3) is 0 Å². The van der Waals surface area contributed by atoms with Crippen molar-refractivity contribution in [2.24, 2.45) is 5.92 Å². The molecule has 0 radical (unpaired) electrons. The average Bonchev–Trinajstić information content (AvgIpc) is 2.99. The second kappa shape index (κ2) is 4.03. The Hall–Kier alpha value is -0.990. The summed E-state index contributed by atoms with van der Waals surface area (Å²) in [5.41, 5.74) is 1.37. The van der Waals surface area contributed by atoms with Gasteiger partial charge in [-0.1, -0.05) is 11.6 Å². The highest BCUT2D eigenvalue weighted by Crippen LogP contribution is 2.29. The summed E-state index contributed by atoms with van der Waals surface area (Å²) in [4.78, 5) is 13.3. The molecule has 0 aromatic heterocycles. The molecule has 78 valence electrons. The quantitative estimate of drug-likeness (QED) is 0.632. The van der Waals surface area contributed by atoms with E-state index in [1.807, 2.05) is 0 Å². The van der Waals surface area contributed by atoms with Gasteiger partial charge in [-0.15, -0.1) is 0 Å². The number of carbonyl (C=O) groups excluding carboxylic acids is 1. The Morgan fingerprint density at radius 3 is 3.00 bits per heavy atom. The van der Waals surface area contributed by atoms with Crippen LogP contribution < -0.4 is 0 Å². The molecular formula is C11H17NO2. The Balaban J connectivity index is 1.74. The number of hydrogen-bond donors (Lipinski definition) is 0. The van der Waals surface area contributed by atoms with Crippen molar-refractivity contribution >= 4 is 6.09 Å². The van der Waals surface area contributed by atoms with Crippen LogP contribution in [0.3, 0.4) is 0 Å². The molecule has 0 aromatic carbocycles. The van der Waals surface area contributed by atoms with E-state index in [9.17, 15) is 4.79 Å². The van der Waals surface area contributed by atoms with Crippen molar-refractivity contribution in [1.29, 1.82) is 0 Å². The van der Waals surface area contributed by atoms with Crippen LogP contribution in [-0.4, -0.2) is 30.7 Å². The minimum Gasteiger partial charge on any atom is -0.449 e. The fraction of sp³-hybridized carbons (Fsp3) is 0.727. The third kappa shape index (κ3) is 2.50. The molecule has 1 heterocycles. The van der Waals surface area contributed by atoms with Crippen molar-refractivity contribution in [3.63, 3.8) is 0 Å². The van der Waals surface area contributed by atoms with Gasteiger partial charge < -0.3 is 9.64 Å². The van der Waals surface area contributed by atoms with Gasteiger partial charge in [-0.05, 0) is 32.1 Å². The molecular weight excluding hydrogens is 178 g/mol. The molecule has 1 saturated carbocycles. The van der Waals surface area contributed by atoms with E-state index in [-0.39, 0.29) is 6.09 Å². The monoisotopic (exact) mass is 195 g/mol. The number of hydrogen-bond acceptors (Lipinski definition) is 2. The first-order chi connectivity index (χ1) is 6.75. The predicted molar refractivity (Wildman–Crippen MR) is 54.0 cm³/mol. The molecule has 2 aliphatic rings. The van der Waals surface area contributed by atoms with Crippen LogP contribution in [0.5, 0.6) is 0 Å². The number of nitrogens with zero attached hydrogens (tertiary/aromatic N) is 1. The van der Waals surface area contributed by atoms with E-state index >= 15 is 0 Å². The van der Waals surface area contributed by atoms with Gasteiger partial charge in [0, 0.05) is 13.1 Å². The highest BCUT2D eigenvalue weighted by molar-refractivity contribution is 5.68. The zero-order valence-corrected chi connectivity index (χ0v) is 8.66. The summed E-state index contributed by atoms with van der Waals surface area (Å²) in [7, 11) is 0. The summed E-state index contributed by atoms with van der Waals surface area (Å²) in [5, 5.41) is 0. The largest absolute Gasteiger partial charge is 0.449 e. The Labute approximate surface area is 84.7 Å². The Kier molecular flexibility index (Phi) is 2.75. The molecule has 0 aromatic rings.